The normalized spacial score (nSPS) is 16.8. The molecule has 1 aromatic rings. The summed E-state index contributed by atoms with van der Waals surface area (Å²) in [6.07, 6.45) is 1.58. The zero-order valence-corrected chi connectivity index (χ0v) is 6.19. The third-order valence-corrected chi connectivity index (χ3v) is 1.83. The van der Waals surface area contributed by atoms with E-state index in [0.717, 1.165) is 13.1 Å². The van der Waals surface area contributed by atoms with Gasteiger partial charge in [-0.25, -0.2) is 0 Å². The summed E-state index contributed by atoms with van der Waals surface area (Å²) in [6.45, 7) is 1.54. The Morgan fingerprint density at radius 2 is 2.36 bits per heavy atom. The highest BCUT2D eigenvalue weighted by molar-refractivity contribution is 5.90. The van der Waals surface area contributed by atoms with Gasteiger partial charge in [-0.3, -0.25) is 4.79 Å². The van der Waals surface area contributed by atoms with Gasteiger partial charge in [-0.1, -0.05) is 0 Å². The van der Waals surface area contributed by atoms with E-state index in [2.05, 4.69) is 10.2 Å². The maximum absolute atomic E-state index is 11.3. The quantitative estimate of drug-likeness (QED) is 0.497. The van der Waals surface area contributed by atoms with E-state index in [0.29, 0.717) is 5.82 Å². The average Bonchev–Trinajstić information content (AvgIpc) is 2.45. The zero-order chi connectivity index (χ0) is 7.84. The number of carbonyl (C=O) groups is 1. The van der Waals surface area contributed by atoms with Crippen LogP contribution in [0.1, 0.15) is 10.6 Å². The number of rotatable bonds is 0. The molecule has 11 heavy (non-hydrogen) atoms. The van der Waals surface area contributed by atoms with E-state index in [1.54, 1.807) is 22.8 Å². The van der Waals surface area contributed by atoms with E-state index in [1.807, 2.05) is 0 Å². The molecule has 2 rings (SSSR count). The number of hydrogen-bond donors (Lipinski definition) is 0. The molecular formula is C6H8N4O. The van der Waals surface area contributed by atoms with Crippen molar-refractivity contribution in [3.05, 3.63) is 12.2 Å². The van der Waals surface area contributed by atoms with Crippen molar-refractivity contribution in [2.45, 2.75) is 6.54 Å². The van der Waals surface area contributed by atoms with Gasteiger partial charge in [-0.05, 0) is 0 Å². The van der Waals surface area contributed by atoms with Crippen LogP contribution in [-0.2, 0) is 6.54 Å². The molecule has 0 radical (unpaired) electrons. The number of nitrogens with zero attached hydrogens (tertiary/aromatic N) is 4. The van der Waals surface area contributed by atoms with Crippen molar-refractivity contribution in [2.75, 3.05) is 13.6 Å². The van der Waals surface area contributed by atoms with Gasteiger partial charge in [-0.15, -0.1) is 10.2 Å². The van der Waals surface area contributed by atoms with Crippen molar-refractivity contribution in [1.82, 2.24) is 19.7 Å². The van der Waals surface area contributed by atoms with Crippen molar-refractivity contribution in [1.29, 1.82) is 0 Å². The van der Waals surface area contributed by atoms with E-state index in [4.69, 9.17) is 0 Å². The van der Waals surface area contributed by atoms with Crippen molar-refractivity contribution in [3.63, 3.8) is 0 Å². The molecule has 0 unspecified atom stereocenters. The summed E-state index contributed by atoms with van der Waals surface area (Å²) in [7, 11) is 1.76. The molecule has 0 bridgehead atoms. The molecule has 58 valence electrons. The molecule has 1 aliphatic rings. The molecule has 2 heterocycles. The van der Waals surface area contributed by atoms with Crippen molar-refractivity contribution in [3.8, 4) is 0 Å². The maximum Gasteiger partial charge on any atom is 0.291 e. The van der Waals surface area contributed by atoms with Crippen LogP contribution in [0.5, 0.6) is 0 Å². The van der Waals surface area contributed by atoms with E-state index >= 15 is 0 Å². The summed E-state index contributed by atoms with van der Waals surface area (Å²) >= 11 is 0. The Kier molecular flexibility index (Phi) is 1.18. The van der Waals surface area contributed by atoms with Gasteiger partial charge in [0.15, 0.2) is 0 Å². The number of fused-ring (bicyclic) bond motifs is 1. The molecule has 1 aliphatic heterocycles. The minimum Gasteiger partial charge on any atom is -0.337 e. The largest absolute Gasteiger partial charge is 0.337 e. The summed E-state index contributed by atoms with van der Waals surface area (Å²) in [5.41, 5.74) is 0. The molecule has 0 saturated heterocycles. The predicted molar refractivity (Wildman–Crippen MR) is 37.0 cm³/mol. The molecule has 1 amide bonds. The second kappa shape index (κ2) is 2.05. The summed E-state index contributed by atoms with van der Waals surface area (Å²) in [4.78, 5) is 12.9. The van der Waals surface area contributed by atoms with Gasteiger partial charge >= 0.3 is 0 Å². The lowest BCUT2D eigenvalue weighted by Crippen LogP contribution is -2.37. The van der Waals surface area contributed by atoms with Gasteiger partial charge in [-0.2, -0.15) is 0 Å². The van der Waals surface area contributed by atoms with Gasteiger partial charge in [0.1, 0.15) is 6.33 Å². The summed E-state index contributed by atoms with van der Waals surface area (Å²) < 4.78 is 1.77. The van der Waals surface area contributed by atoms with Crippen molar-refractivity contribution < 1.29 is 4.79 Å². The Hall–Kier alpha value is -1.39. The molecule has 0 N–H and O–H groups in total. The van der Waals surface area contributed by atoms with Gasteiger partial charge in [0.05, 0.1) is 0 Å². The molecule has 0 spiro atoms. The molecular weight excluding hydrogens is 144 g/mol. The number of aromatic nitrogens is 3. The summed E-state index contributed by atoms with van der Waals surface area (Å²) in [5.74, 6) is 0.396. The first-order chi connectivity index (χ1) is 5.29. The molecule has 5 heteroatoms. The molecule has 0 saturated carbocycles. The second-order valence-electron chi connectivity index (χ2n) is 2.57. The molecule has 0 atom stereocenters. The predicted octanol–water partition coefficient (Wildman–Crippen LogP) is -0.636. The minimum atomic E-state index is -0.0475. The fourth-order valence-electron chi connectivity index (χ4n) is 1.11. The summed E-state index contributed by atoms with van der Waals surface area (Å²) in [6, 6.07) is 0. The molecule has 0 fully saturated rings. The van der Waals surface area contributed by atoms with Crippen LogP contribution in [-0.4, -0.2) is 39.2 Å². The van der Waals surface area contributed by atoms with Gasteiger partial charge < -0.3 is 9.47 Å². The SMILES string of the molecule is CN1CCn2cnnc2C1=O. The lowest BCUT2D eigenvalue weighted by Gasteiger charge is -2.21. The maximum atomic E-state index is 11.3. The number of likely N-dealkylation sites (N-methyl/N-ethyl adjacent to an activating group) is 1. The molecule has 5 nitrogen and oxygen atoms in total. The lowest BCUT2D eigenvalue weighted by atomic mass is 10.4. The van der Waals surface area contributed by atoms with Crippen LogP contribution in [0, 0.1) is 0 Å². The van der Waals surface area contributed by atoms with E-state index in [9.17, 15) is 4.79 Å². The fourth-order valence-corrected chi connectivity index (χ4v) is 1.11. The Morgan fingerprint density at radius 1 is 1.55 bits per heavy atom. The first-order valence-corrected chi connectivity index (χ1v) is 3.42. The zero-order valence-electron chi connectivity index (χ0n) is 6.19. The topological polar surface area (TPSA) is 51.0 Å². The molecule has 0 aliphatic carbocycles. The highest BCUT2D eigenvalue weighted by atomic mass is 16.2. The van der Waals surface area contributed by atoms with Gasteiger partial charge in [0.2, 0.25) is 5.82 Å². The van der Waals surface area contributed by atoms with Crippen LogP contribution in [0.25, 0.3) is 0 Å². The van der Waals surface area contributed by atoms with Gasteiger partial charge in [0, 0.05) is 20.1 Å². The molecule has 0 aromatic carbocycles. The lowest BCUT2D eigenvalue weighted by molar-refractivity contribution is 0.0741. The number of carbonyl (C=O) groups excluding carboxylic acids is 1. The Balaban J connectivity index is 2.46. The Morgan fingerprint density at radius 3 is 3.18 bits per heavy atom. The first kappa shape index (κ1) is 6.33. The van der Waals surface area contributed by atoms with E-state index in [1.165, 1.54) is 0 Å². The van der Waals surface area contributed by atoms with Crippen LogP contribution in [0.4, 0.5) is 0 Å². The second-order valence-corrected chi connectivity index (χ2v) is 2.57. The van der Waals surface area contributed by atoms with Gasteiger partial charge in [0.25, 0.3) is 5.91 Å². The highest BCUT2D eigenvalue weighted by Crippen LogP contribution is 2.05. The Bertz CT molecular complexity index is 293. The third-order valence-electron chi connectivity index (χ3n) is 1.83. The van der Waals surface area contributed by atoms with Crippen LogP contribution >= 0.6 is 0 Å². The van der Waals surface area contributed by atoms with Crippen LogP contribution < -0.4 is 0 Å². The summed E-state index contributed by atoms with van der Waals surface area (Å²) in [5, 5.41) is 7.36. The van der Waals surface area contributed by atoms with Crippen molar-refractivity contribution >= 4 is 5.91 Å². The third kappa shape index (κ3) is 0.806. The number of amides is 1. The smallest absolute Gasteiger partial charge is 0.291 e. The monoisotopic (exact) mass is 152 g/mol. The van der Waals surface area contributed by atoms with Crippen LogP contribution in [0.2, 0.25) is 0 Å². The van der Waals surface area contributed by atoms with E-state index in [-0.39, 0.29) is 5.91 Å². The fraction of sp³-hybridized carbons (Fsp3) is 0.500. The Labute approximate surface area is 63.6 Å². The standard InChI is InChI=1S/C6H8N4O/c1-9-2-3-10-4-7-8-5(10)6(9)11/h4H,2-3H2,1H3. The van der Waals surface area contributed by atoms with Crippen LogP contribution in [0.3, 0.4) is 0 Å². The van der Waals surface area contributed by atoms with Crippen molar-refractivity contribution in [2.24, 2.45) is 0 Å². The highest BCUT2D eigenvalue weighted by Gasteiger charge is 2.22. The first-order valence-electron chi connectivity index (χ1n) is 3.42. The minimum absolute atomic E-state index is 0.0475. The van der Waals surface area contributed by atoms with Crippen LogP contribution in [0.15, 0.2) is 6.33 Å². The molecule has 1 aromatic heterocycles. The average molecular weight is 152 g/mol. The van der Waals surface area contributed by atoms with E-state index < -0.39 is 0 Å². The number of hydrogen-bond acceptors (Lipinski definition) is 3.